The summed E-state index contributed by atoms with van der Waals surface area (Å²) in [5.74, 6) is 0. The topological polar surface area (TPSA) is 85.1 Å². The van der Waals surface area contributed by atoms with Crippen molar-refractivity contribution in [2.24, 2.45) is 0 Å². The van der Waals surface area contributed by atoms with Gasteiger partial charge in [0.05, 0.1) is 16.3 Å². The van der Waals surface area contributed by atoms with E-state index in [-0.39, 0.29) is 4.90 Å². The molecule has 19 heavy (non-hydrogen) atoms. The maximum atomic E-state index is 12.2. The number of hydrogen-bond acceptors (Lipinski definition) is 4. The molecule has 5 nitrogen and oxygen atoms in total. The number of halogens is 1. The van der Waals surface area contributed by atoms with Crippen LogP contribution in [-0.4, -0.2) is 13.4 Å². The number of nitrogens with zero attached hydrogens (tertiary/aromatic N) is 1. The zero-order chi connectivity index (χ0) is 14.0. The number of hydrogen-bond donors (Lipinski definition) is 2. The first kappa shape index (κ1) is 13.8. The average molecular weight is 342 g/mol. The van der Waals surface area contributed by atoms with Crippen LogP contribution in [0.2, 0.25) is 0 Å². The summed E-state index contributed by atoms with van der Waals surface area (Å²) >= 11 is 3.21. The molecule has 2 aromatic rings. The van der Waals surface area contributed by atoms with E-state index in [1.807, 2.05) is 0 Å². The minimum atomic E-state index is -3.65. The van der Waals surface area contributed by atoms with Crippen molar-refractivity contribution in [3.8, 4) is 0 Å². The van der Waals surface area contributed by atoms with Crippen LogP contribution < -0.4 is 10.5 Å². The van der Waals surface area contributed by atoms with Gasteiger partial charge in [-0.25, -0.2) is 8.42 Å². The number of nitrogens with two attached hydrogens (primary N) is 1. The van der Waals surface area contributed by atoms with Crippen molar-refractivity contribution in [2.75, 3.05) is 10.5 Å². The molecule has 1 aromatic heterocycles. The molecular formula is C12H12BrN3O2S. The number of aryl methyl sites for hydroxylation is 1. The van der Waals surface area contributed by atoms with Crippen LogP contribution in [0.4, 0.5) is 11.4 Å². The lowest BCUT2D eigenvalue weighted by Crippen LogP contribution is -2.14. The Morgan fingerprint density at radius 1 is 1.32 bits per heavy atom. The van der Waals surface area contributed by atoms with Crippen LogP contribution in [0.3, 0.4) is 0 Å². The number of nitrogens with one attached hydrogen (secondary N) is 1. The first-order valence-corrected chi connectivity index (χ1v) is 7.67. The Hall–Kier alpha value is -1.60. The predicted molar refractivity (Wildman–Crippen MR) is 78.3 cm³/mol. The molecule has 7 heteroatoms. The fourth-order valence-corrected chi connectivity index (χ4v) is 3.14. The van der Waals surface area contributed by atoms with Crippen molar-refractivity contribution in [2.45, 2.75) is 11.8 Å². The van der Waals surface area contributed by atoms with Gasteiger partial charge in [0.15, 0.2) is 0 Å². The molecule has 0 aliphatic rings. The molecule has 0 bridgehead atoms. The Labute approximate surface area is 120 Å². The summed E-state index contributed by atoms with van der Waals surface area (Å²) in [5, 5.41) is 0. The van der Waals surface area contributed by atoms with Crippen LogP contribution >= 0.6 is 15.9 Å². The molecule has 1 heterocycles. The van der Waals surface area contributed by atoms with Crippen molar-refractivity contribution in [1.29, 1.82) is 0 Å². The number of benzene rings is 1. The van der Waals surface area contributed by atoms with E-state index in [2.05, 4.69) is 25.6 Å². The summed E-state index contributed by atoms with van der Waals surface area (Å²) in [6.07, 6.45) is 1.60. The third-order valence-electron chi connectivity index (χ3n) is 2.53. The Morgan fingerprint density at radius 3 is 2.68 bits per heavy atom. The van der Waals surface area contributed by atoms with Crippen LogP contribution in [0.15, 0.2) is 45.9 Å². The minimum absolute atomic E-state index is 0.136. The summed E-state index contributed by atoms with van der Waals surface area (Å²) in [6.45, 7) is 1.73. The molecule has 1 aromatic carbocycles. The second-order valence-corrected chi connectivity index (χ2v) is 6.46. The first-order chi connectivity index (χ1) is 8.90. The molecule has 0 fully saturated rings. The monoisotopic (exact) mass is 341 g/mol. The molecule has 0 spiro atoms. The van der Waals surface area contributed by atoms with Gasteiger partial charge in [-0.15, -0.1) is 0 Å². The molecule has 0 aliphatic carbocycles. The molecule has 0 atom stereocenters. The number of anilines is 2. The fraction of sp³-hybridized carbons (Fsp3) is 0.0833. The zero-order valence-corrected chi connectivity index (χ0v) is 12.5. The summed E-state index contributed by atoms with van der Waals surface area (Å²) < 4.78 is 27.5. The van der Waals surface area contributed by atoms with Gasteiger partial charge in [0.1, 0.15) is 0 Å². The molecule has 100 valence electrons. The number of pyridine rings is 1. The van der Waals surface area contributed by atoms with E-state index in [4.69, 9.17) is 5.73 Å². The average Bonchev–Trinajstić information content (AvgIpc) is 2.35. The summed E-state index contributed by atoms with van der Waals surface area (Å²) in [7, 11) is -3.65. The van der Waals surface area contributed by atoms with Crippen molar-refractivity contribution in [1.82, 2.24) is 4.98 Å². The molecule has 0 radical (unpaired) electrons. The van der Waals surface area contributed by atoms with Crippen LogP contribution in [0.25, 0.3) is 0 Å². The number of aromatic nitrogens is 1. The molecule has 2 rings (SSSR count). The Bertz CT molecular complexity index is 717. The van der Waals surface area contributed by atoms with Gasteiger partial charge in [0, 0.05) is 16.4 Å². The van der Waals surface area contributed by atoms with E-state index in [1.54, 1.807) is 25.3 Å². The molecule has 0 aliphatic heterocycles. The smallest absolute Gasteiger partial charge is 0.261 e. The van der Waals surface area contributed by atoms with E-state index >= 15 is 0 Å². The lowest BCUT2D eigenvalue weighted by molar-refractivity contribution is 0.601. The van der Waals surface area contributed by atoms with E-state index in [1.165, 1.54) is 18.2 Å². The van der Waals surface area contributed by atoms with Crippen molar-refractivity contribution < 1.29 is 8.42 Å². The normalized spacial score (nSPS) is 11.3. The largest absolute Gasteiger partial charge is 0.398 e. The Kier molecular flexibility index (Phi) is 3.77. The van der Waals surface area contributed by atoms with E-state index in [0.29, 0.717) is 21.5 Å². The zero-order valence-electron chi connectivity index (χ0n) is 10.1. The highest BCUT2D eigenvalue weighted by Gasteiger charge is 2.16. The highest BCUT2D eigenvalue weighted by Crippen LogP contribution is 2.24. The highest BCUT2D eigenvalue weighted by molar-refractivity contribution is 9.10. The van der Waals surface area contributed by atoms with Gasteiger partial charge in [-0.3, -0.25) is 9.71 Å². The van der Waals surface area contributed by atoms with Gasteiger partial charge in [-0.2, -0.15) is 0 Å². The summed E-state index contributed by atoms with van der Waals surface area (Å²) in [6, 6.07) is 7.78. The van der Waals surface area contributed by atoms with Gasteiger partial charge < -0.3 is 5.73 Å². The molecule has 0 unspecified atom stereocenters. The van der Waals surface area contributed by atoms with Gasteiger partial charge in [0.25, 0.3) is 10.0 Å². The number of rotatable bonds is 3. The third kappa shape index (κ3) is 3.05. The van der Waals surface area contributed by atoms with Gasteiger partial charge in [0.2, 0.25) is 0 Å². The first-order valence-electron chi connectivity index (χ1n) is 5.39. The van der Waals surface area contributed by atoms with Gasteiger partial charge >= 0.3 is 0 Å². The van der Waals surface area contributed by atoms with Crippen LogP contribution in [-0.2, 0) is 10.0 Å². The van der Waals surface area contributed by atoms with E-state index in [9.17, 15) is 8.42 Å². The van der Waals surface area contributed by atoms with E-state index in [0.717, 1.165) is 0 Å². The standard InChI is InChI=1S/C12H12BrN3O2S/c1-8-12(3-2-6-15-8)16-19(17,18)9-4-5-11(14)10(13)7-9/h2-7,16H,14H2,1H3. The second-order valence-electron chi connectivity index (χ2n) is 3.93. The Morgan fingerprint density at radius 2 is 2.05 bits per heavy atom. The molecule has 0 amide bonds. The molecule has 0 saturated carbocycles. The summed E-state index contributed by atoms with van der Waals surface area (Å²) in [5.41, 5.74) is 7.19. The predicted octanol–water partition coefficient (Wildman–Crippen LogP) is 2.54. The maximum absolute atomic E-state index is 12.2. The summed E-state index contributed by atoms with van der Waals surface area (Å²) in [4.78, 5) is 4.17. The van der Waals surface area contributed by atoms with Crippen LogP contribution in [0, 0.1) is 6.92 Å². The molecule has 0 saturated heterocycles. The Balaban J connectivity index is 2.38. The van der Waals surface area contributed by atoms with Crippen LogP contribution in [0.1, 0.15) is 5.69 Å². The SMILES string of the molecule is Cc1ncccc1NS(=O)(=O)c1ccc(N)c(Br)c1. The van der Waals surface area contributed by atoms with Crippen molar-refractivity contribution in [3.05, 3.63) is 46.7 Å². The fourth-order valence-electron chi connectivity index (χ4n) is 1.47. The van der Waals surface area contributed by atoms with Crippen LogP contribution in [0.5, 0.6) is 0 Å². The highest BCUT2D eigenvalue weighted by atomic mass is 79.9. The molecule has 3 N–H and O–H groups in total. The van der Waals surface area contributed by atoms with Gasteiger partial charge in [-0.1, -0.05) is 0 Å². The third-order valence-corrected chi connectivity index (χ3v) is 4.58. The quantitative estimate of drug-likeness (QED) is 0.840. The molecular weight excluding hydrogens is 330 g/mol. The number of nitrogen functional groups attached to an aromatic ring is 1. The van der Waals surface area contributed by atoms with Gasteiger partial charge in [-0.05, 0) is 53.2 Å². The second kappa shape index (κ2) is 5.18. The van der Waals surface area contributed by atoms with Crippen molar-refractivity contribution >= 4 is 37.3 Å². The van der Waals surface area contributed by atoms with E-state index < -0.39 is 10.0 Å². The minimum Gasteiger partial charge on any atom is -0.398 e. The lowest BCUT2D eigenvalue weighted by atomic mass is 10.3. The number of sulfonamides is 1. The maximum Gasteiger partial charge on any atom is 0.261 e. The van der Waals surface area contributed by atoms with Crippen molar-refractivity contribution in [3.63, 3.8) is 0 Å². The lowest BCUT2D eigenvalue weighted by Gasteiger charge is -2.10.